The van der Waals surface area contributed by atoms with E-state index in [1.807, 2.05) is 36.4 Å². The smallest absolute Gasteiger partial charge is 0.368 e. The highest BCUT2D eigenvalue weighted by Gasteiger charge is 2.15. The third kappa shape index (κ3) is 3.30. The maximum absolute atomic E-state index is 12.3. The molecule has 7 heteroatoms. The van der Waals surface area contributed by atoms with Crippen molar-refractivity contribution in [1.82, 2.24) is 19.8 Å². The summed E-state index contributed by atoms with van der Waals surface area (Å²) in [5.41, 5.74) is 1.75. The van der Waals surface area contributed by atoms with Gasteiger partial charge in [-0.25, -0.2) is 4.79 Å². The third-order valence-electron chi connectivity index (χ3n) is 3.80. The van der Waals surface area contributed by atoms with Gasteiger partial charge in [-0.1, -0.05) is 24.1 Å². The first-order valence-corrected chi connectivity index (χ1v) is 7.95. The van der Waals surface area contributed by atoms with Crippen molar-refractivity contribution in [3.8, 4) is 29.0 Å². The Kier molecular flexibility index (Phi) is 5.04. The predicted octanol–water partition coefficient (Wildman–Crippen LogP) is 1.93. The van der Waals surface area contributed by atoms with Gasteiger partial charge in [0.05, 0.1) is 12.8 Å². The average Bonchev–Trinajstić information content (AvgIpc) is 2.99. The van der Waals surface area contributed by atoms with E-state index in [4.69, 9.17) is 9.47 Å². The zero-order valence-corrected chi connectivity index (χ0v) is 14.8. The van der Waals surface area contributed by atoms with Crippen molar-refractivity contribution in [1.29, 1.82) is 0 Å². The first-order valence-electron chi connectivity index (χ1n) is 7.95. The van der Waals surface area contributed by atoms with Crippen LogP contribution in [0.1, 0.15) is 18.1 Å². The number of benzene rings is 2. The summed E-state index contributed by atoms with van der Waals surface area (Å²) in [5.74, 6) is 7.16. The molecular formula is C19H18N4O3. The van der Waals surface area contributed by atoms with Crippen LogP contribution < -0.4 is 15.2 Å². The summed E-state index contributed by atoms with van der Waals surface area (Å²) in [5, 5.41) is 7.70. The number of hydrogen-bond donors (Lipinski definition) is 0. The minimum absolute atomic E-state index is 0.198. The number of aromatic nitrogens is 4. The second-order valence-electron chi connectivity index (χ2n) is 5.41. The number of ether oxygens (including phenoxy) is 2. The number of rotatable bonds is 5. The lowest BCUT2D eigenvalue weighted by Gasteiger charge is -2.14. The molecule has 0 saturated heterocycles. The van der Waals surface area contributed by atoms with Gasteiger partial charge >= 0.3 is 5.69 Å². The summed E-state index contributed by atoms with van der Waals surface area (Å²) in [6, 6.07) is 12.9. The first-order chi connectivity index (χ1) is 12.7. The molecule has 7 nitrogen and oxygen atoms in total. The molecule has 0 aliphatic heterocycles. The number of nitrogens with zero attached hydrogens (tertiary/aromatic N) is 4. The van der Waals surface area contributed by atoms with E-state index in [9.17, 15) is 4.79 Å². The number of para-hydroxylation sites is 2. The molecule has 0 unspecified atom stereocenters. The molecule has 1 aromatic heterocycles. The molecule has 0 atom stereocenters. The summed E-state index contributed by atoms with van der Waals surface area (Å²) >= 11 is 0. The summed E-state index contributed by atoms with van der Waals surface area (Å²) in [7, 11) is 3.13. The quantitative estimate of drug-likeness (QED) is 0.658. The summed E-state index contributed by atoms with van der Waals surface area (Å²) in [6.07, 6.45) is 0. The topological polar surface area (TPSA) is 71.2 Å². The van der Waals surface area contributed by atoms with E-state index in [1.165, 1.54) is 9.36 Å². The van der Waals surface area contributed by atoms with E-state index in [0.717, 1.165) is 11.1 Å². The molecule has 0 spiro atoms. The fraction of sp³-hybridized carbons (Fsp3) is 0.211. The van der Waals surface area contributed by atoms with Crippen molar-refractivity contribution in [2.24, 2.45) is 7.05 Å². The molecule has 0 N–H and O–H groups in total. The fourth-order valence-electron chi connectivity index (χ4n) is 2.53. The molecule has 0 amide bonds. The second-order valence-corrected chi connectivity index (χ2v) is 5.41. The first kappa shape index (κ1) is 17.3. The highest BCUT2D eigenvalue weighted by atomic mass is 16.5. The van der Waals surface area contributed by atoms with Crippen LogP contribution >= 0.6 is 0 Å². The van der Waals surface area contributed by atoms with E-state index < -0.39 is 0 Å². The van der Waals surface area contributed by atoms with E-state index in [1.54, 1.807) is 27.1 Å². The van der Waals surface area contributed by atoms with Crippen LogP contribution in [0, 0.1) is 11.8 Å². The van der Waals surface area contributed by atoms with Crippen LogP contribution in [0.2, 0.25) is 0 Å². The molecule has 3 aromatic rings. The van der Waals surface area contributed by atoms with Crippen LogP contribution in [0.25, 0.3) is 5.69 Å². The average molecular weight is 350 g/mol. The standard InChI is InChI=1S/C19H18N4O3/c1-4-8-14-9-7-10-16(23-19(24)22(2)20-21-23)15(14)13-26-18-12-6-5-11-17(18)25-3/h5-7,9-12H,13H2,1-3H3. The maximum Gasteiger partial charge on any atom is 0.368 e. The van der Waals surface area contributed by atoms with Crippen LogP contribution in [0.15, 0.2) is 47.3 Å². The van der Waals surface area contributed by atoms with Gasteiger partial charge < -0.3 is 9.47 Å². The van der Waals surface area contributed by atoms with Crippen molar-refractivity contribution >= 4 is 0 Å². The lowest BCUT2D eigenvalue weighted by Crippen LogP contribution is -2.23. The minimum atomic E-state index is -0.342. The van der Waals surface area contributed by atoms with Gasteiger partial charge in [0.25, 0.3) is 0 Å². The lowest BCUT2D eigenvalue weighted by atomic mass is 10.1. The molecule has 0 fully saturated rings. The Morgan fingerprint density at radius 2 is 1.85 bits per heavy atom. The highest BCUT2D eigenvalue weighted by Crippen LogP contribution is 2.28. The molecule has 132 valence electrons. The van der Waals surface area contributed by atoms with Crippen LogP contribution in [0.3, 0.4) is 0 Å². The van der Waals surface area contributed by atoms with Gasteiger partial charge in [-0.3, -0.25) is 0 Å². The van der Waals surface area contributed by atoms with Crippen molar-refractivity contribution in [2.75, 3.05) is 7.11 Å². The minimum Gasteiger partial charge on any atom is -0.493 e. The van der Waals surface area contributed by atoms with Gasteiger partial charge in [0, 0.05) is 18.2 Å². The Morgan fingerprint density at radius 3 is 2.50 bits per heavy atom. The van der Waals surface area contributed by atoms with Crippen LogP contribution in [-0.4, -0.2) is 26.9 Å². The largest absolute Gasteiger partial charge is 0.493 e. The van der Waals surface area contributed by atoms with Crippen molar-refractivity contribution in [3.05, 3.63) is 64.1 Å². The van der Waals surface area contributed by atoms with E-state index in [-0.39, 0.29) is 12.3 Å². The summed E-state index contributed by atoms with van der Waals surface area (Å²) in [6.45, 7) is 1.95. The van der Waals surface area contributed by atoms with Crippen molar-refractivity contribution < 1.29 is 9.47 Å². The third-order valence-corrected chi connectivity index (χ3v) is 3.80. The maximum atomic E-state index is 12.3. The van der Waals surface area contributed by atoms with Gasteiger partial charge in [-0.05, 0) is 41.6 Å². The number of tetrazole rings is 1. The van der Waals surface area contributed by atoms with Gasteiger partial charge in [0.1, 0.15) is 6.61 Å². The molecule has 0 bridgehead atoms. The molecule has 26 heavy (non-hydrogen) atoms. The summed E-state index contributed by atoms with van der Waals surface area (Å²) < 4.78 is 13.7. The Bertz CT molecular complexity index is 1040. The van der Waals surface area contributed by atoms with Crippen LogP contribution in [0.5, 0.6) is 11.5 Å². The molecule has 1 heterocycles. The van der Waals surface area contributed by atoms with Crippen LogP contribution in [0.4, 0.5) is 0 Å². The van der Waals surface area contributed by atoms with E-state index in [2.05, 4.69) is 22.3 Å². The molecule has 0 aliphatic rings. The Labute approximate surface area is 150 Å². The van der Waals surface area contributed by atoms with E-state index in [0.29, 0.717) is 17.2 Å². The zero-order chi connectivity index (χ0) is 18.5. The molecule has 0 saturated carbocycles. The van der Waals surface area contributed by atoms with Gasteiger partial charge in [0.15, 0.2) is 11.5 Å². The SMILES string of the molecule is CC#Cc1cccc(-n2nnn(C)c2=O)c1COc1ccccc1OC. The molecule has 0 aliphatic carbocycles. The molecule has 2 aromatic carbocycles. The van der Waals surface area contributed by atoms with Gasteiger partial charge in [0.2, 0.25) is 0 Å². The Morgan fingerprint density at radius 1 is 1.08 bits per heavy atom. The van der Waals surface area contributed by atoms with Crippen molar-refractivity contribution in [2.45, 2.75) is 13.5 Å². The summed E-state index contributed by atoms with van der Waals surface area (Å²) in [4.78, 5) is 12.3. The fourth-order valence-corrected chi connectivity index (χ4v) is 2.53. The normalized spacial score (nSPS) is 10.1. The Hall–Kier alpha value is -3.53. The number of hydrogen-bond acceptors (Lipinski definition) is 5. The monoisotopic (exact) mass is 350 g/mol. The highest BCUT2D eigenvalue weighted by molar-refractivity contribution is 5.52. The van der Waals surface area contributed by atoms with Gasteiger partial charge in [-0.15, -0.1) is 5.92 Å². The zero-order valence-electron chi connectivity index (χ0n) is 14.8. The number of aryl methyl sites for hydroxylation is 1. The van der Waals surface area contributed by atoms with Crippen LogP contribution in [-0.2, 0) is 13.7 Å². The van der Waals surface area contributed by atoms with Gasteiger partial charge in [-0.2, -0.15) is 9.36 Å². The predicted molar refractivity (Wildman–Crippen MR) is 96.5 cm³/mol. The second kappa shape index (κ2) is 7.57. The molecule has 0 radical (unpaired) electrons. The molecular weight excluding hydrogens is 332 g/mol. The lowest BCUT2D eigenvalue weighted by molar-refractivity contribution is 0.284. The Balaban J connectivity index is 2.05. The van der Waals surface area contributed by atoms with Crippen molar-refractivity contribution in [3.63, 3.8) is 0 Å². The number of methoxy groups -OCH3 is 1. The molecule has 3 rings (SSSR count). The van der Waals surface area contributed by atoms with E-state index >= 15 is 0 Å².